The molecule has 1 aliphatic heterocycles. The van der Waals surface area contributed by atoms with Crippen LogP contribution >= 0.6 is 11.6 Å². The van der Waals surface area contributed by atoms with E-state index < -0.39 is 11.8 Å². The largest absolute Gasteiger partial charge is 0.497 e. The lowest BCUT2D eigenvalue weighted by Gasteiger charge is -2.17. The topological polar surface area (TPSA) is 55.8 Å². The van der Waals surface area contributed by atoms with Crippen LogP contribution < -0.4 is 14.4 Å². The summed E-state index contributed by atoms with van der Waals surface area (Å²) in [6.45, 7) is 0. The van der Waals surface area contributed by atoms with Crippen molar-refractivity contribution in [3.05, 3.63) is 59.1 Å². The first-order valence-electron chi connectivity index (χ1n) is 7.14. The molecule has 1 aliphatic rings. The summed E-state index contributed by atoms with van der Waals surface area (Å²) in [6, 6.07) is 13.6. The van der Waals surface area contributed by atoms with Crippen molar-refractivity contribution in [2.75, 3.05) is 19.1 Å². The lowest BCUT2D eigenvalue weighted by atomic mass is 10.1. The molecule has 0 atom stereocenters. The monoisotopic (exact) mass is 343 g/mol. The fourth-order valence-electron chi connectivity index (χ4n) is 2.54. The van der Waals surface area contributed by atoms with E-state index in [1.165, 1.54) is 7.11 Å². The molecular formula is C18H14ClNO4. The summed E-state index contributed by atoms with van der Waals surface area (Å²) in [5.41, 5.74) is 1.07. The molecule has 5 nitrogen and oxygen atoms in total. The summed E-state index contributed by atoms with van der Waals surface area (Å²) < 4.78 is 10.3. The van der Waals surface area contributed by atoms with Gasteiger partial charge in [0.05, 0.1) is 25.5 Å². The van der Waals surface area contributed by atoms with Gasteiger partial charge in [-0.3, -0.25) is 9.59 Å². The Hall–Kier alpha value is -2.79. The molecule has 0 saturated heterocycles. The number of methoxy groups -OCH3 is 2. The Bertz CT molecular complexity index is 842. The summed E-state index contributed by atoms with van der Waals surface area (Å²) in [7, 11) is 3.03. The second-order valence-corrected chi connectivity index (χ2v) is 5.41. The molecule has 0 unspecified atom stereocenters. The van der Waals surface area contributed by atoms with Gasteiger partial charge in [0, 0.05) is 0 Å². The van der Waals surface area contributed by atoms with Gasteiger partial charge in [0.25, 0.3) is 11.8 Å². The van der Waals surface area contributed by atoms with Crippen LogP contribution in [0.5, 0.6) is 11.5 Å². The highest BCUT2D eigenvalue weighted by Gasteiger charge is 2.40. The maximum absolute atomic E-state index is 12.8. The molecule has 2 aromatic carbocycles. The van der Waals surface area contributed by atoms with Gasteiger partial charge in [-0.25, -0.2) is 4.90 Å². The second kappa shape index (κ2) is 6.37. The summed E-state index contributed by atoms with van der Waals surface area (Å²) in [6.07, 6.45) is 0. The number of carbonyl (C=O) groups is 2. The lowest BCUT2D eigenvalue weighted by Crippen LogP contribution is -2.31. The highest BCUT2D eigenvalue weighted by molar-refractivity contribution is 6.60. The molecule has 0 radical (unpaired) electrons. The zero-order chi connectivity index (χ0) is 17.3. The van der Waals surface area contributed by atoms with Crippen molar-refractivity contribution in [3.63, 3.8) is 0 Å². The second-order valence-electron chi connectivity index (χ2n) is 5.04. The van der Waals surface area contributed by atoms with Crippen molar-refractivity contribution < 1.29 is 19.1 Å². The summed E-state index contributed by atoms with van der Waals surface area (Å²) in [4.78, 5) is 26.4. The standard InChI is InChI=1S/C18H14ClNO4/c1-23-12-9-7-11(8-10-12)15-16(19)18(22)20(17(15)21)13-5-3-4-6-14(13)24-2/h3-10H,1-2H3. The van der Waals surface area contributed by atoms with Crippen LogP contribution in [-0.2, 0) is 9.59 Å². The van der Waals surface area contributed by atoms with E-state index in [2.05, 4.69) is 0 Å². The molecule has 0 fully saturated rings. The third-order valence-electron chi connectivity index (χ3n) is 3.73. The Morgan fingerprint density at radius 3 is 2.17 bits per heavy atom. The number of hydrogen-bond acceptors (Lipinski definition) is 4. The van der Waals surface area contributed by atoms with Gasteiger partial charge in [-0.2, -0.15) is 0 Å². The minimum atomic E-state index is -0.572. The number of imide groups is 1. The van der Waals surface area contributed by atoms with Gasteiger partial charge in [0.1, 0.15) is 16.5 Å². The number of carbonyl (C=O) groups excluding carboxylic acids is 2. The quantitative estimate of drug-likeness (QED) is 0.800. The zero-order valence-electron chi connectivity index (χ0n) is 13.1. The Morgan fingerprint density at radius 1 is 0.875 bits per heavy atom. The SMILES string of the molecule is COc1ccc(C2=C(Cl)C(=O)N(c3ccccc3OC)C2=O)cc1. The zero-order valence-corrected chi connectivity index (χ0v) is 13.8. The van der Waals surface area contributed by atoms with Crippen LogP contribution in [0.2, 0.25) is 0 Å². The van der Waals surface area contributed by atoms with Crippen LogP contribution in [0.3, 0.4) is 0 Å². The number of anilines is 1. The fraction of sp³-hybridized carbons (Fsp3) is 0.111. The number of halogens is 1. The maximum atomic E-state index is 12.8. The van der Waals surface area contributed by atoms with Crippen molar-refractivity contribution in [2.24, 2.45) is 0 Å². The molecule has 2 aromatic rings. The molecular weight excluding hydrogens is 330 g/mol. The first kappa shape index (κ1) is 16.1. The number of amides is 2. The van der Waals surface area contributed by atoms with E-state index in [1.807, 2.05) is 0 Å². The van der Waals surface area contributed by atoms with Crippen molar-refractivity contribution in [1.82, 2.24) is 0 Å². The van der Waals surface area contributed by atoms with E-state index in [0.717, 1.165) is 4.90 Å². The van der Waals surface area contributed by atoms with E-state index in [-0.39, 0.29) is 10.6 Å². The van der Waals surface area contributed by atoms with Crippen molar-refractivity contribution in [1.29, 1.82) is 0 Å². The Morgan fingerprint density at radius 2 is 1.54 bits per heavy atom. The molecule has 24 heavy (non-hydrogen) atoms. The van der Waals surface area contributed by atoms with Gasteiger partial charge in [0.15, 0.2) is 0 Å². The smallest absolute Gasteiger partial charge is 0.277 e. The van der Waals surface area contributed by atoms with E-state index in [4.69, 9.17) is 21.1 Å². The molecule has 0 N–H and O–H groups in total. The first-order valence-corrected chi connectivity index (χ1v) is 7.52. The molecule has 3 rings (SSSR count). The van der Waals surface area contributed by atoms with Crippen LogP contribution in [0.15, 0.2) is 53.6 Å². The lowest BCUT2D eigenvalue weighted by molar-refractivity contribution is -0.119. The van der Waals surface area contributed by atoms with Crippen molar-refractivity contribution in [3.8, 4) is 11.5 Å². The van der Waals surface area contributed by atoms with Crippen LogP contribution in [0.25, 0.3) is 5.57 Å². The normalized spacial score (nSPS) is 14.4. The molecule has 6 heteroatoms. The van der Waals surface area contributed by atoms with Gasteiger partial charge >= 0.3 is 0 Å². The van der Waals surface area contributed by atoms with Crippen molar-refractivity contribution >= 4 is 34.7 Å². The average molecular weight is 344 g/mol. The molecule has 0 saturated carbocycles. The van der Waals surface area contributed by atoms with Crippen LogP contribution in [-0.4, -0.2) is 26.0 Å². The summed E-state index contributed by atoms with van der Waals surface area (Å²) >= 11 is 6.17. The van der Waals surface area contributed by atoms with Gasteiger partial charge < -0.3 is 9.47 Å². The molecule has 0 aromatic heterocycles. The molecule has 1 heterocycles. The molecule has 0 aliphatic carbocycles. The maximum Gasteiger partial charge on any atom is 0.277 e. The van der Waals surface area contributed by atoms with E-state index in [1.54, 1.807) is 55.6 Å². The Kier molecular flexibility index (Phi) is 4.27. The average Bonchev–Trinajstić information content (AvgIpc) is 2.84. The molecule has 0 spiro atoms. The predicted molar refractivity (Wildman–Crippen MR) is 91.3 cm³/mol. The van der Waals surface area contributed by atoms with Crippen LogP contribution in [0, 0.1) is 0 Å². The highest BCUT2D eigenvalue weighted by atomic mass is 35.5. The van der Waals surface area contributed by atoms with Gasteiger partial charge in [-0.1, -0.05) is 35.9 Å². The predicted octanol–water partition coefficient (Wildman–Crippen LogP) is 3.23. The highest BCUT2D eigenvalue weighted by Crippen LogP contribution is 2.38. The molecule has 0 bridgehead atoms. The van der Waals surface area contributed by atoms with E-state index >= 15 is 0 Å². The molecule has 2 amide bonds. The number of para-hydroxylation sites is 2. The molecule has 122 valence electrons. The number of rotatable bonds is 4. The summed E-state index contributed by atoms with van der Waals surface area (Å²) in [5, 5.41) is -0.115. The van der Waals surface area contributed by atoms with Crippen LogP contribution in [0.1, 0.15) is 5.56 Å². The van der Waals surface area contributed by atoms with Gasteiger partial charge in [-0.05, 0) is 29.8 Å². The fourth-order valence-corrected chi connectivity index (χ4v) is 2.82. The third-order valence-corrected chi connectivity index (χ3v) is 4.08. The summed E-state index contributed by atoms with van der Waals surface area (Å²) in [5.74, 6) is 0.00475. The van der Waals surface area contributed by atoms with Crippen LogP contribution in [0.4, 0.5) is 5.69 Å². The minimum absolute atomic E-state index is 0.115. The number of hydrogen-bond donors (Lipinski definition) is 0. The van der Waals surface area contributed by atoms with Gasteiger partial charge in [-0.15, -0.1) is 0 Å². The Balaban J connectivity index is 2.04. The first-order chi connectivity index (χ1) is 11.6. The minimum Gasteiger partial charge on any atom is -0.497 e. The number of nitrogens with zero attached hydrogens (tertiary/aromatic N) is 1. The number of ether oxygens (including phenoxy) is 2. The third kappa shape index (κ3) is 2.53. The Labute approximate surface area is 144 Å². The van der Waals surface area contributed by atoms with Gasteiger partial charge in [0.2, 0.25) is 0 Å². The number of benzene rings is 2. The van der Waals surface area contributed by atoms with Crippen molar-refractivity contribution in [2.45, 2.75) is 0 Å². The van der Waals surface area contributed by atoms with E-state index in [0.29, 0.717) is 22.7 Å². The van der Waals surface area contributed by atoms with E-state index in [9.17, 15) is 9.59 Å².